The van der Waals surface area contributed by atoms with Crippen LogP contribution < -0.4 is 15.0 Å². The third kappa shape index (κ3) is 5.67. The predicted molar refractivity (Wildman–Crippen MR) is 106 cm³/mol. The number of hydrogen-bond acceptors (Lipinski definition) is 5. The maximum absolute atomic E-state index is 12.1. The third-order valence-corrected chi connectivity index (χ3v) is 4.72. The normalized spacial score (nSPS) is 16.9. The summed E-state index contributed by atoms with van der Waals surface area (Å²) in [6.45, 7) is 8.56. The molecule has 144 valence electrons. The van der Waals surface area contributed by atoms with Gasteiger partial charge in [-0.2, -0.15) is 4.98 Å². The number of amides is 1. The molecule has 1 fully saturated rings. The molecule has 6 heteroatoms. The maximum atomic E-state index is 12.1. The number of nitrogens with one attached hydrogen (secondary N) is 1. The van der Waals surface area contributed by atoms with Gasteiger partial charge >= 0.3 is 0 Å². The molecule has 1 aliphatic heterocycles. The van der Waals surface area contributed by atoms with Crippen LogP contribution in [-0.2, 0) is 11.3 Å². The second-order valence-electron chi connectivity index (χ2n) is 7.39. The summed E-state index contributed by atoms with van der Waals surface area (Å²) >= 11 is 0. The van der Waals surface area contributed by atoms with Gasteiger partial charge < -0.3 is 15.0 Å². The zero-order chi connectivity index (χ0) is 19.2. The number of rotatable bonds is 6. The summed E-state index contributed by atoms with van der Waals surface area (Å²) in [4.78, 5) is 23.3. The second kappa shape index (κ2) is 8.84. The highest BCUT2D eigenvalue weighted by atomic mass is 16.5. The molecule has 1 N–H and O–H groups in total. The topological polar surface area (TPSA) is 67.3 Å². The maximum Gasteiger partial charge on any atom is 0.258 e. The largest absolute Gasteiger partial charge is 0.467 e. The van der Waals surface area contributed by atoms with Gasteiger partial charge in [-0.3, -0.25) is 4.79 Å². The number of benzene rings is 1. The Morgan fingerprint density at radius 1 is 1.26 bits per heavy atom. The number of carbonyl (C=O) groups excluding carboxylic acids is 1. The van der Waals surface area contributed by atoms with Crippen LogP contribution in [0.25, 0.3) is 0 Å². The third-order valence-electron chi connectivity index (χ3n) is 4.72. The molecule has 0 unspecified atom stereocenters. The summed E-state index contributed by atoms with van der Waals surface area (Å²) in [5, 5.41) is 2.87. The van der Waals surface area contributed by atoms with E-state index in [2.05, 4.69) is 27.1 Å². The van der Waals surface area contributed by atoms with Crippen molar-refractivity contribution in [2.24, 2.45) is 5.92 Å². The summed E-state index contributed by atoms with van der Waals surface area (Å²) in [5.41, 5.74) is 3.10. The fraction of sp³-hybridized carbons (Fsp3) is 0.476. The van der Waals surface area contributed by atoms with Crippen LogP contribution in [0.15, 0.2) is 30.3 Å². The molecule has 1 atom stereocenters. The number of piperidine rings is 1. The molecule has 1 aromatic heterocycles. The Balaban J connectivity index is 1.54. The molecule has 0 spiro atoms. The second-order valence-corrected chi connectivity index (χ2v) is 7.39. The van der Waals surface area contributed by atoms with E-state index in [4.69, 9.17) is 4.74 Å². The van der Waals surface area contributed by atoms with Crippen molar-refractivity contribution in [1.82, 2.24) is 15.3 Å². The zero-order valence-corrected chi connectivity index (χ0v) is 16.4. The van der Waals surface area contributed by atoms with Crippen LogP contribution in [0.4, 0.5) is 5.95 Å². The van der Waals surface area contributed by atoms with Crippen LogP contribution in [0.2, 0.25) is 0 Å². The lowest BCUT2D eigenvalue weighted by Gasteiger charge is -2.31. The van der Waals surface area contributed by atoms with Crippen molar-refractivity contribution in [2.45, 2.75) is 40.2 Å². The Morgan fingerprint density at radius 3 is 2.78 bits per heavy atom. The van der Waals surface area contributed by atoms with E-state index in [0.29, 0.717) is 24.3 Å². The van der Waals surface area contributed by atoms with Crippen LogP contribution in [0, 0.1) is 19.8 Å². The predicted octanol–water partition coefficient (Wildman–Crippen LogP) is 3.02. The molecule has 1 aliphatic rings. The molecular formula is C21H28N4O2. The fourth-order valence-electron chi connectivity index (χ4n) is 3.21. The lowest BCUT2D eigenvalue weighted by atomic mass is 10.0. The van der Waals surface area contributed by atoms with E-state index in [-0.39, 0.29) is 12.5 Å². The smallest absolute Gasteiger partial charge is 0.258 e. The minimum absolute atomic E-state index is 0.0574. The molecule has 6 nitrogen and oxygen atoms in total. The number of carbonyl (C=O) groups is 1. The highest BCUT2D eigenvalue weighted by molar-refractivity contribution is 5.77. The lowest BCUT2D eigenvalue weighted by Crippen LogP contribution is -2.35. The minimum atomic E-state index is -0.167. The van der Waals surface area contributed by atoms with Crippen LogP contribution in [0.5, 0.6) is 5.88 Å². The van der Waals surface area contributed by atoms with Gasteiger partial charge in [-0.15, -0.1) is 0 Å². The van der Waals surface area contributed by atoms with Crippen molar-refractivity contribution < 1.29 is 9.53 Å². The molecule has 0 radical (unpaired) electrons. The summed E-state index contributed by atoms with van der Waals surface area (Å²) in [6, 6.07) is 9.85. The van der Waals surface area contributed by atoms with Gasteiger partial charge in [0.25, 0.3) is 5.91 Å². The van der Waals surface area contributed by atoms with Crippen molar-refractivity contribution in [2.75, 3.05) is 24.6 Å². The molecule has 2 heterocycles. The van der Waals surface area contributed by atoms with Gasteiger partial charge in [-0.1, -0.05) is 36.8 Å². The minimum Gasteiger partial charge on any atom is -0.467 e. The average Bonchev–Trinajstić information content (AvgIpc) is 2.65. The van der Waals surface area contributed by atoms with Gasteiger partial charge in [0.15, 0.2) is 6.61 Å². The van der Waals surface area contributed by atoms with E-state index >= 15 is 0 Å². The summed E-state index contributed by atoms with van der Waals surface area (Å²) < 4.78 is 5.62. The first-order chi connectivity index (χ1) is 13.0. The van der Waals surface area contributed by atoms with Gasteiger partial charge in [0, 0.05) is 31.4 Å². The van der Waals surface area contributed by atoms with Crippen molar-refractivity contribution >= 4 is 11.9 Å². The van der Waals surface area contributed by atoms with Gasteiger partial charge in [-0.25, -0.2) is 4.98 Å². The van der Waals surface area contributed by atoms with Crippen molar-refractivity contribution in [3.05, 3.63) is 47.2 Å². The average molecular weight is 368 g/mol. The summed E-state index contributed by atoms with van der Waals surface area (Å²) in [7, 11) is 0. The SMILES string of the molecule is Cc1ccc(CNC(=O)COc2cc(C)nc(N3CCC[C@H](C)C3)n2)cc1. The van der Waals surface area contributed by atoms with Crippen LogP contribution >= 0.6 is 0 Å². The first kappa shape index (κ1) is 19.1. The Bertz CT molecular complexity index is 776. The van der Waals surface area contributed by atoms with Crippen molar-refractivity contribution in [3.63, 3.8) is 0 Å². The van der Waals surface area contributed by atoms with Crippen molar-refractivity contribution in [1.29, 1.82) is 0 Å². The molecule has 3 rings (SSSR count). The fourth-order valence-corrected chi connectivity index (χ4v) is 3.21. The lowest BCUT2D eigenvalue weighted by molar-refractivity contribution is -0.123. The number of hydrogen-bond donors (Lipinski definition) is 1. The Labute approximate surface area is 161 Å². The van der Waals surface area contributed by atoms with E-state index in [9.17, 15) is 4.79 Å². The van der Waals surface area contributed by atoms with Crippen LogP contribution in [-0.4, -0.2) is 35.6 Å². The van der Waals surface area contributed by atoms with Crippen LogP contribution in [0.3, 0.4) is 0 Å². The van der Waals surface area contributed by atoms with Gasteiger partial charge in [0.1, 0.15) is 0 Å². The van der Waals surface area contributed by atoms with E-state index in [0.717, 1.165) is 30.8 Å². The summed E-state index contributed by atoms with van der Waals surface area (Å²) in [5.74, 6) is 1.61. The van der Waals surface area contributed by atoms with E-state index in [1.165, 1.54) is 12.0 Å². The monoisotopic (exact) mass is 368 g/mol. The van der Waals surface area contributed by atoms with E-state index < -0.39 is 0 Å². The molecule has 0 aliphatic carbocycles. The highest BCUT2D eigenvalue weighted by Crippen LogP contribution is 2.22. The van der Waals surface area contributed by atoms with Gasteiger partial charge in [0.2, 0.25) is 11.8 Å². The number of ether oxygens (including phenoxy) is 1. The molecule has 0 saturated carbocycles. The quantitative estimate of drug-likeness (QED) is 0.849. The number of nitrogens with zero attached hydrogens (tertiary/aromatic N) is 3. The molecule has 27 heavy (non-hydrogen) atoms. The molecule has 0 bridgehead atoms. The van der Waals surface area contributed by atoms with Gasteiger partial charge in [0.05, 0.1) is 0 Å². The first-order valence-corrected chi connectivity index (χ1v) is 9.55. The molecule has 1 amide bonds. The van der Waals surface area contributed by atoms with Crippen molar-refractivity contribution in [3.8, 4) is 5.88 Å². The van der Waals surface area contributed by atoms with E-state index in [1.807, 2.05) is 38.1 Å². The molecule has 1 aromatic carbocycles. The molecule has 2 aromatic rings. The van der Waals surface area contributed by atoms with Crippen LogP contribution in [0.1, 0.15) is 36.6 Å². The number of anilines is 1. The standard InChI is InChI=1S/C21H28N4O2/c1-15-6-8-18(9-7-15)12-22-19(26)14-27-20-11-17(3)23-21(24-20)25-10-4-5-16(2)13-25/h6-9,11,16H,4-5,10,12-14H2,1-3H3,(H,22,26)/t16-/m0/s1. The first-order valence-electron chi connectivity index (χ1n) is 9.55. The summed E-state index contributed by atoms with van der Waals surface area (Å²) in [6.07, 6.45) is 2.39. The highest BCUT2D eigenvalue weighted by Gasteiger charge is 2.19. The van der Waals surface area contributed by atoms with E-state index in [1.54, 1.807) is 6.07 Å². The number of aromatic nitrogens is 2. The Hall–Kier alpha value is -2.63. The zero-order valence-electron chi connectivity index (χ0n) is 16.4. The Kier molecular flexibility index (Phi) is 6.27. The number of aryl methyl sites for hydroxylation is 2. The molecule has 1 saturated heterocycles. The Morgan fingerprint density at radius 2 is 2.04 bits per heavy atom. The van der Waals surface area contributed by atoms with Gasteiger partial charge in [-0.05, 0) is 38.2 Å². The molecular weight excluding hydrogens is 340 g/mol.